The lowest BCUT2D eigenvalue weighted by molar-refractivity contribution is -0.141. The van der Waals surface area contributed by atoms with Gasteiger partial charge in [-0.1, -0.05) is 11.6 Å². The number of halogens is 5. The van der Waals surface area contributed by atoms with E-state index in [1.807, 2.05) is 0 Å². The monoisotopic (exact) mass is 199 g/mol. The number of hydrogen-bond donors (Lipinski definition) is 0. The third-order valence-electron chi connectivity index (χ3n) is 1.11. The highest BCUT2D eigenvalue weighted by atomic mass is 35.5. The number of rotatable bonds is 0. The van der Waals surface area contributed by atoms with E-state index in [9.17, 15) is 17.6 Å². The van der Waals surface area contributed by atoms with Gasteiger partial charge in [-0.3, -0.25) is 4.98 Å². The van der Waals surface area contributed by atoms with E-state index in [4.69, 9.17) is 11.6 Å². The fourth-order valence-corrected chi connectivity index (χ4v) is 0.837. The number of nitrogens with zero attached hydrogens (tertiary/aromatic N) is 1. The summed E-state index contributed by atoms with van der Waals surface area (Å²) in [6, 6.07) is 0.761. The predicted octanol–water partition coefficient (Wildman–Crippen LogP) is 2.89. The van der Waals surface area contributed by atoms with Gasteiger partial charge in [-0.2, -0.15) is 13.2 Å². The second-order valence-electron chi connectivity index (χ2n) is 1.95. The molecular weight excluding hydrogens is 198 g/mol. The van der Waals surface area contributed by atoms with Crippen LogP contribution in [-0.2, 0) is 6.18 Å². The Balaban J connectivity index is 3.26. The van der Waals surface area contributed by atoms with Crippen LogP contribution in [0.1, 0.15) is 5.69 Å². The molecule has 0 N–H and O–H groups in total. The average molecular weight is 200 g/mol. The van der Waals surface area contributed by atoms with Crippen LogP contribution < -0.4 is 0 Å². The van der Waals surface area contributed by atoms with E-state index in [0.29, 0.717) is 6.20 Å². The van der Waals surface area contributed by atoms with Crippen molar-refractivity contribution >= 4 is 11.6 Å². The van der Waals surface area contributed by atoms with Gasteiger partial charge in [0.1, 0.15) is 10.8 Å². The zero-order chi connectivity index (χ0) is 9.35. The maximum atomic E-state index is 12.4. The smallest absolute Gasteiger partial charge is 0.250 e. The first kappa shape index (κ1) is 9.25. The predicted molar refractivity (Wildman–Crippen MR) is 34.2 cm³/mol. The molecule has 0 aliphatic heterocycles. The first-order chi connectivity index (χ1) is 5.43. The van der Waals surface area contributed by atoms with Crippen molar-refractivity contribution in [3.05, 3.63) is 28.8 Å². The summed E-state index contributed by atoms with van der Waals surface area (Å²) in [5, 5.41) is -0.995. The summed E-state index contributed by atoms with van der Waals surface area (Å²) in [7, 11) is 0. The van der Waals surface area contributed by atoms with Crippen LogP contribution in [0.15, 0.2) is 12.3 Å². The molecule has 0 spiro atoms. The maximum Gasteiger partial charge on any atom is 0.434 e. The Morgan fingerprint density at radius 2 is 1.92 bits per heavy atom. The fourth-order valence-electron chi connectivity index (χ4n) is 0.618. The maximum absolute atomic E-state index is 12.4. The standard InChI is InChI=1S/C6H2ClF4N/c7-4-3(8)1-2-12-5(4)6(9,10)11/h1-2H. The topological polar surface area (TPSA) is 12.9 Å². The van der Waals surface area contributed by atoms with Crippen molar-refractivity contribution in [2.75, 3.05) is 0 Å². The van der Waals surface area contributed by atoms with Gasteiger partial charge in [0.2, 0.25) is 0 Å². The summed E-state index contributed by atoms with van der Waals surface area (Å²) in [6.07, 6.45) is -4.00. The Hall–Kier alpha value is -0.840. The number of aromatic nitrogens is 1. The second-order valence-corrected chi connectivity index (χ2v) is 2.33. The molecule has 0 radical (unpaired) electrons. The fraction of sp³-hybridized carbons (Fsp3) is 0.167. The number of pyridine rings is 1. The van der Waals surface area contributed by atoms with Crippen LogP contribution in [0.2, 0.25) is 5.02 Å². The Bertz CT molecular complexity index is 296. The summed E-state index contributed by atoms with van der Waals surface area (Å²) in [4.78, 5) is 2.91. The van der Waals surface area contributed by atoms with Gasteiger partial charge in [0.05, 0.1) is 0 Å². The van der Waals surface area contributed by atoms with Crippen molar-refractivity contribution in [1.82, 2.24) is 4.98 Å². The molecule has 0 fully saturated rings. The van der Waals surface area contributed by atoms with Crippen molar-refractivity contribution in [3.63, 3.8) is 0 Å². The van der Waals surface area contributed by atoms with E-state index < -0.39 is 22.7 Å². The van der Waals surface area contributed by atoms with Crippen LogP contribution >= 0.6 is 11.6 Å². The molecule has 6 heteroatoms. The van der Waals surface area contributed by atoms with Crippen molar-refractivity contribution in [1.29, 1.82) is 0 Å². The minimum absolute atomic E-state index is 0.712. The zero-order valence-corrected chi connectivity index (χ0v) is 6.25. The molecule has 12 heavy (non-hydrogen) atoms. The molecule has 0 unspecified atom stereocenters. The lowest BCUT2D eigenvalue weighted by Crippen LogP contribution is -2.09. The third-order valence-corrected chi connectivity index (χ3v) is 1.47. The zero-order valence-electron chi connectivity index (χ0n) is 5.49. The van der Waals surface area contributed by atoms with Crippen molar-refractivity contribution in [3.8, 4) is 0 Å². The molecular formula is C6H2ClF4N. The molecule has 1 nitrogen and oxygen atoms in total. The molecule has 1 aromatic heterocycles. The SMILES string of the molecule is Fc1ccnc(C(F)(F)F)c1Cl. The lowest BCUT2D eigenvalue weighted by Gasteiger charge is -2.06. The van der Waals surface area contributed by atoms with Gasteiger partial charge in [0, 0.05) is 6.20 Å². The Labute approximate surface area is 70.0 Å². The van der Waals surface area contributed by atoms with E-state index in [1.165, 1.54) is 0 Å². The quantitative estimate of drug-likeness (QED) is 0.586. The minimum atomic E-state index is -4.71. The largest absolute Gasteiger partial charge is 0.434 e. The highest BCUT2D eigenvalue weighted by Crippen LogP contribution is 2.33. The third kappa shape index (κ3) is 1.66. The van der Waals surface area contributed by atoms with Crippen molar-refractivity contribution < 1.29 is 17.6 Å². The van der Waals surface area contributed by atoms with Crippen LogP contribution in [-0.4, -0.2) is 4.98 Å². The minimum Gasteiger partial charge on any atom is -0.250 e. The van der Waals surface area contributed by atoms with Gasteiger partial charge in [-0.15, -0.1) is 0 Å². The molecule has 0 saturated carbocycles. The molecule has 66 valence electrons. The van der Waals surface area contributed by atoms with E-state index >= 15 is 0 Å². The summed E-state index contributed by atoms with van der Waals surface area (Å²) >= 11 is 5.02. The van der Waals surface area contributed by atoms with Gasteiger partial charge in [0.25, 0.3) is 0 Å². The van der Waals surface area contributed by atoms with Gasteiger partial charge < -0.3 is 0 Å². The summed E-state index contributed by atoms with van der Waals surface area (Å²) < 4.78 is 48.2. The molecule has 1 heterocycles. The van der Waals surface area contributed by atoms with E-state index in [1.54, 1.807) is 0 Å². The highest BCUT2D eigenvalue weighted by Gasteiger charge is 2.36. The summed E-state index contributed by atoms with van der Waals surface area (Å²) in [5.74, 6) is -1.13. The first-order valence-corrected chi connectivity index (χ1v) is 3.18. The van der Waals surface area contributed by atoms with E-state index in [2.05, 4.69) is 4.98 Å². The Morgan fingerprint density at radius 3 is 2.33 bits per heavy atom. The summed E-state index contributed by atoms with van der Waals surface area (Å²) in [6.45, 7) is 0. The average Bonchev–Trinajstić information content (AvgIpc) is 1.92. The molecule has 0 aromatic carbocycles. The van der Waals surface area contributed by atoms with Crippen LogP contribution in [0, 0.1) is 5.82 Å². The van der Waals surface area contributed by atoms with Gasteiger partial charge in [0.15, 0.2) is 5.69 Å². The molecule has 0 aliphatic carbocycles. The van der Waals surface area contributed by atoms with Crippen LogP contribution in [0.3, 0.4) is 0 Å². The van der Waals surface area contributed by atoms with Gasteiger partial charge in [-0.25, -0.2) is 4.39 Å². The van der Waals surface area contributed by atoms with Gasteiger partial charge in [-0.05, 0) is 6.07 Å². The second kappa shape index (κ2) is 2.90. The number of alkyl halides is 3. The molecule has 0 bridgehead atoms. The number of hydrogen-bond acceptors (Lipinski definition) is 1. The van der Waals surface area contributed by atoms with E-state index in [0.717, 1.165) is 6.07 Å². The summed E-state index contributed by atoms with van der Waals surface area (Å²) in [5.41, 5.74) is -1.40. The molecule has 0 atom stereocenters. The molecule has 0 aliphatic rings. The van der Waals surface area contributed by atoms with Gasteiger partial charge >= 0.3 is 6.18 Å². The van der Waals surface area contributed by atoms with Crippen LogP contribution in [0.25, 0.3) is 0 Å². The Kier molecular flexibility index (Phi) is 2.23. The van der Waals surface area contributed by atoms with Crippen molar-refractivity contribution in [2.45, 2.75) is 6.18 Å². The van der Waals surface area contributed by atoms with Crippen LogP contribution in [0.5, 0.6) is 0 Å². The Morgan fingerprint density at radius 1 is 1.33 bits per heavy atom. The molecule has 0 saturated heterocycles. The lowest BCUT2D eigenvalue weighted by atomic mass is 10.3. The molecule has 1 aromatic rings. The highest BCUT2D eigenvalue weighted by molar-refractivity contribution is 6.31. The first-order valence-electron chi connectivity index (χ1n) is 2.80. The normalized spacial score (nSPS) is 11.8. The molecule has 0 amide bonds. The van der Waals surface area contributed by atoms with E-state index in [-0.39, 0.29) is 0 Å². The molecule has 1 rings (SSSR count). The van der Waals surface area contributed by atoms with Crippen molar-refractivity contribution in [2.24, 2.45) is 0 Å². The van der Waals surface area contributed by atoms with Crippen LogP contribution in [0.4, 0.5) is 17.6 Å².